The van der Waals surface area contributed by atoms with Crippen LogP contribution in [0.3, 0.4) is 0 Å². The molecule has 0 spiro atoms. The predicted molar refractivity (Wildman–Crippen MR) is 133 cm³/mol. The number of unbranched alkanes of at least 4 members (excludes halogenated alkanes) is 14. The van der Waals surface area contributed by atoms with Gasteiger partial charge >= 0.3 is 5.97 Å². The molecule has 2 rings (SSSR count). The fourth-order valence-electron chi connectivity index (χ4n) is 4.55. The number of carbonyl (C=O) groups is 1. The van der Waals surface area contributed by atoms with Crippen LogP contribution >= 0.6 is 0 Å². The van der Waals surface area contributed by atoms with Crippen molar-refractivity contribution >= 4 is 5.97 Å². The summed E-state index contributed by atoms with van der Waals surface area (Å²) in [6.45, 7) is 2.27. The van der Waals surface area contributed by atoms with Gasteiger partial charge in [0.2, 0.25) is 0 Å². The van der Waals surface area contributed by atoms with Crippen molar-refractivity contribution in [3.63, 3.8) is 0 Å². The number of hydrogen-bond donors (Lipinski definition) is 1. The molecule has 0 aliphatic rings. The normalized spacial score (nSPS) is 12.2. The van der Waals surface area contributed by atoms with Crippen molar-refractivity contribution in [3.05, 3.63) is 48.5 Å². The van der Waals surface area contributed by atoms with Crippen LogP contribution in [0.5, 0.6) is 0 Å². The molecule has 1 aromatic heterocycles. The molecule has 0 amide bonds. The van der Waals surface area contributed by atoms with Gasteiger partial charge in [-0.25, -0.2) is 4.98 Å². The third-order valence-electron chi connectivity index (χ3n) is 6.49. The van der Waals surface area contributed by atoms with Crippen molar-refractivity contribution in [2.75, 3.05) is 0 Å². The van der Waals surface area contributed by atoms with Crippen LogP contribution in [0.2, 0.25) is 0 Å². The second-order valence-electron chi connectivity index (χ2n) is 9.16. The Morgan fingerprint density at radius 2 is 1.38 bits per heavy atom. The summed E-state index contributed by atoms with van der Waals surface area (Å²) in [4.78, 5) is 16.1. The van der Waals surface area contributed by atoms with Crippen LogP contribution in [0.1, 0.15) is 121 Å². The number of aliphatic carboxylic acids is 1. The first-order valence-corrected chi connectivity index (χ1v) is 13.0. The highest BCUT2D eigenvalue weighted by Crippen LogP contribution is 2.28. The highest BCUT2D eigenvalue weighted by molar-refractivity contribution is 5.77. The molecule has 1 N–H and O–H groups in total. The van der Waals surface area contributed by atoms with Crippen LogP contribution in [0.15, 0.2) is 43.0 Å². The largest absolute Gasteiger partial charge is 0.481 e. The molecular formula is C28H44N2O2. The van der Waals surface area contributed by atoms with E-state index in [4.69, 9.17) is 0 Å². The Labute approximate surface area is 195 Å². The topological polar surface area (TPSA) is 55.1 Å². The van der Waals surface area contributed by atoms with E-state index < -0.39 is 11.9 Å². The van der Waals surface area contributed by atoms with Gasteiger partial charge in [0.25, 0.3) is 0 Å². The highest BCUT2D eigenvalue weighted by atomic mass is 16.4. The number of hydrogen-bond acceptors (Lipinski definition) is 2. The molecule has 0 aliphatic heterocycles. The van der Waals surface area contributed by atoms with E-state index >= 15 is 0 Å². The molecule has 1 heterocycles. The molecule has 0 saturated carbocycles. The maximum Gasteiger partial charge on any atom is 0.311 e. The van der Waals surface area contributed by atoms with E-state index in [1.54, 1.807) is 12.5 Å². The van der Waals surface area contributed by atoms with Crippen LogP contribution in [-0.4, -0.2) is 20.6 Å². The average Bonchev–Trinajstić information content (AvgIpc) is 3.33. The number of para-hydroxylation sites is 1. The maximum atomic E-state index is 12.0. The lowest BCUT2D eigenvalue weighted by atomic mass is 9.91. The highest BCUT2D eigenvalue weighted by Gasteiger charge is 2.22. The molecule has 1 atom stereocenters. The fraction of sp³-hybridized carbons (Fsp3) is 0.643. The monoisotopic (exact) mass is 440 g/mol. The summed E-state index contributed by atoms with van der Waals surface area (Å²) in [5.41, 5.74) is 1.79. The summed E-state index contributed by atoms with van der Waals surface area (Å²) in [5, 5.41) is 9.84. The van der Waals surface area contributed by atoms with Gasteiger partial charge in [0.15, 0.2) is 0 Å². The van der Waals surface area contributed by atoms with Crippen LogP contribution in [0.25, 0.3) is 5.69 Å². The van der Waals surface area contributed by atoms with E-state index in [1.807, 2.05) is 35.0 Å². The van der Waals surface area contributed by atoms with Crippen molar-refractivity contribution in [1.82, 2.24) is 9.55 Å². The minimum absolute atomic E-state index is 0.462. The van der Waals surface area contributed by atoms with Gasteiger partial charge in [-0.3, -0.25) is 4.79 Å². The average molecular weight is 441 g/mol. The second-order valence-corrected chi connectivity index (χ2v) is 9.16. The Hall–Kier alpha value is -2.10. The molecule has 32 heavy (non-hydrogen) atoms. The van der Waals surface area contributed by atoms with Gasteiger partial charge in [0, 0.05) is 12.4 Å². The van der Waals surface area contributed by atoms with Crippen molar-refractivity contribution in [2.24, 2.45) is 0 Å². The minimum atomic E-state index is -0.733. The van der Waals surface area contributed by atoms with Crippen molar-refractivity contribution < 1.29 is 9.90 Å². The molecule has 0 radical (unpaired) electrons. The smallest absolute Gasteiger partial charge is 0.311 e. The Kier molecular flexibility index (Phi) is 13.5. The van der Waals surface area contributed by atoms with Crippen LogP contribution < -0.4 is 0 Å². The van der Waals surface area contributed by atoms with E-state index in [-0.39, 0.29) is 0 Å². The van der Waals surface area contributed by atoms with Gasteiger partial charge < -0.3 is 9.67 Å². The van der Waals surface area contributed by atoms with E-state index in [0.717, 1.165) is 24.1 Å². The summed E-state index contributed by atoms with van der Waals surface area (Å²) >= 11 is 0. The second kappa shape index (κ2) is 16.5. The molecular weight excluding hydrogens is 396 g/mol. The molecule has 2 aromatic rings. The number of aromatic nitrogens is 2. The molecule has 1 unspecified atom stereocenters. The van der Waals surface area contributed by atoms with E-state index in [9.17, 15) is 9.90 Å². The standard InChI is InChI=1S/C28H44N2O2/c1-2-3-4-5-6-7-8-9-10-11-12-13-14-15-16-20-26(28(31)32)25-19-17-18-21-27(25)30-23-22-29-24-30/h17-19,21-24,26H,2-16,20H2,1H3,(H,31,32). The number of rotatable bonds is 19. The van der Waals surface area contributed by atoms with Crippen molar-refractivity contribution in [1.29, 1.82) is 0 Å². The number of imidazole rings is 1. The zero-order valence-electron chi connectivity index (χ0n) is 20.2. The lowest BCUT2D eigenvalue weighted by Crippen LogP contribution is -2.14. The fourth-order valence-corrected chi connectivity index (χ4v) is 4.55. The quantitative estimate of drug-likeness (QED) is 0.223. The van der Waals surface area contributed by atoms with Gasteiger partial charge in [-0.1, -0.05) is 121 Å². The summed E-state index contributed by atoms with van der Waals surface area (Å²) in [7, 11) is 0. The summed E-state index contributed by atoms with van der Waals surface area (Å²) in [6, 6.07) is 7.79. The Bertz CT molecular complexity index is 727. The SMILES string of the molecule is CCCCCCCCCCCCCCCCCC(C(=O)O)c1ccccc1-n1ccnc1. The van der Waals surface area contributed by atoms with E-state index in [1.165, 1.54) is 83.5 Å². The van der Waals surface area contributed by atoms with Gasteiger partial charge in [-0.15, -0.1) is 0 Å². The van der Waals surface area contributed by atoms with E-state index in [2.05, 4.69) is 11.9 Å². The number of benzene rings is 1. The summed E-state index contributed by atoms with van der Waals surface area (Å²) in [5.74, 6) is -1.20. The number of nitrogens with zero attached hydrogens (tertiary/aromatic N) is 2. The Morgan fingerprint density at radius 3 is 1.88 bits per heavy atom. The molecule has 0 fully saturated rings. The Morgan fingerprint density at radius 1 is 0.844 bits per heavy atom. The Balaban J connectivity index is 1.56. The lowest BCUT2D eigenvalue weighted by molar-refractivity contribution is -0.139. The molecule has 0 bridgehead atoms. The molecule has 4 nitrogen and oxygen atoms in total. The zero-order valence-corrected chi connectivity index (χ0v) is 20.2. The number of carboxylic acids is 1. The van der Waals surface area contributed by atoms with E-state index in [0.29, 0.717) is 6.42 Å². The summed E-state index contributed by atoms with van der Waals surface area (Å²) in [6.07, 6.45) is 25.8. The third kappa shape index (κ3) is 10.0. The van der Waals surface area contributed by atoms with Crippen molar-refractivity contribution in [2.45, 2.75) is 116 Å². The van der Waals surface area contributed by atoms with Gasteiger partial charge in [0.1, 0.15) is 0 Å². The predicted octanol–water partition coefficient (Wildman–Crippen LogP) is 8.30. The lowest BCUT2D eigenvalue weighted by Gasteiger charge is -2.17. The van der Waals surface area contributed by atoms with Gasteiger partial charge in [0.05, 0.1) is 17.9 Å². The molecule has 0 saturated heterocycles. The van der Waals surface area contributed by atoms with Crippen LogP contribution in [-0.2, 0) is 4.79 Å². The molecule has 4 heteroatoms. The molecule has 0 aliphatic carbocycles. The minimum Gasteiger partial charge on any atom is -0.481 e. The molecule has 178 valence electrons. The summed E-state index contributed by atoms with van der Waals surface area (Å²) < 4.78 is 1.90. The number of carboxylic acid groups (broad SMARTS) is 1. The van der Waals surface area contributed by atoms with Crippen molar-refractivity contribution in [3.8, 4) is 5.69 Å². The van der Waals surface area contributed by atoms with Crippen LogP contribution in [0, 0.1) is 0 Å². The van der Waals surface area contributed by atoms with Crippen LogP contribution in [0.4, 0.5) is 0 Å². The van der Waals surface area contributed by atoms with Gasteiger partial charge in [-0.05, 0) is 18.1 Å². The first kappa shape index (κ1) is 26.2. The molecule has 1 aromatic carbocycles. The third-order valence-corrected chi connectivity index (χ3v) is 6.49. The first-order valence-electron chi connectivity index (χ1n) is 13.0. The zero-order chi connectivity index (χ0) is 22.9. The van der Waals surface area contributed by atoms with Gasteiger partial charge in [-0.2, -0.15) is 0 Å². The first-order chi connectivity index (χ1) is 15.7. The maximum absolute atomic E-state index is 12.0.